The van der Waals surface area contributed by atoms with E-state index in [4.69, 9.17) is 28.4 Å². The fourth-order valence-electron chi connectivity index (χ4n) is 8.64. The Morgan fingerprint density at radius 2 is 1.07 bits per heavy atom. The van der Waals surface area contributed by atoms with Crippen molar-refractivity contribution in [1.29, 1.82) is 0 Å². The molecule has 8 aromatic rings. The minimum Gasteiger partial charge on any atom is -0.497 e. The zero-order valence-corrected chi connectivity index (χ0v) is 38.6. The van der Waals surface area contributed by atoms with Gasteiger partial charge in [-0.1, -0.05) is 30.3 Å². The van der Waals surface area contributed by atoms with E-state index >= 15 is 0 Å². The molecule has 4 heterocycles. The highest BCUT2D eigenvalue weighted by molar-refractivity contribution is 6.03. The van der Waals surface area contributed by atoms with Gasteiger partial charge in [0.05, 0.1) is 51.6 Å². The number of aromatic hydroxyl groups is 2. The molecule has 18 nitrogen and oxygen atoms in total. The summed E-state index contributed by atoms with van der Waals surface area (Å²) < 4.78 is 63.5. The molecule has 10 rings (SSSR count). The van der Waals surface area contributed by atoms with Gasteiger partial charge < -0.3 is 58.4 Å². The molecule has 0 atom stereocenters. The average molecular weight is 983 g/mol. The van der Waals surface area contributed by atoms with E-state index in [9.17, 15) is 38.4 Å². The zero-order valence-electron chi connectivity index (χ0n) is 38.6. The summed E-state index contributed by atoms with van der Waals surface area (Å²) >= 11 is 0. The Balaban J connectivity index is 0.000000179. The first-order valence-electron chi connectivity index (χ1n) is 22.2. The number of hydrogen-bond donors (Lipinski definition) is 4. The molecule has 0 saturated carbocycles. The van der Waals surface area contributed by atoms with E-state index in [0.717, 1.165) is 11.1 Å². The van der Waals surface area contributed by atoms with Crippen LogP contribution in [0.5, 0.6) is 34.8 Å². The number of nitroso groups, excluding NO2 is 2. The molecule has 4 N–H and O–H groups in total. The number of fused-ring (bicyclic) bond motifs is 4. The number of methoxy groups -OCH3 is 2. The van der Waals surface area contributed by atoms with Crippen LogP contribution in [0.1, 0.15) is 54.1 Å². The third-order valence-electron chi connectivity index (χ3n) is 12.0. The molecule has 0 spiro atoms. The van der Waals surface area contributed by atoms with Crippen molar-refractivity contribution < 1.29 is 57.0 Å². The van der Waals surface area contributed by atoms with Gasteiger partial charge in [0, 0.05) is 63.3 Å². The lowest BCUT2D eigenvalue weighted by atomic mass is 10.1. The van der Waals surface area contributed by atoms with Gasteiger partial charge in [0.2, 0.25) is 11.8 Å². The minimum atomic E-state index is -0.494. The second-order valence-corrected chi connectivity index (χ2v) is 16.6. The number of amides is 2. The smallest absolute Gasteiger partial charge is 0.251 e. The fraction of sp³-hybridized carbons (Fsp3) is 0.192. The molecular weight excluding hydrogens is 939 g/mol. The molecule has 20 heteroatoms. The number of benzene rings is 6. The van der Waals surface area contributed by atoms with Crippen LogP contribution in [0, 0.1) is 21.4 Å². The van der Waals surface area contributed by atoms with E-state index in [-0.39, 0.29) is 81.1 Å². The molecule has 368 valence electrons. The van der Waals surface area contributed by atoms with Gasteiger partial charge in [-0.05, 0) is 94.3 Å². The van der Waals surface area contributed by atoms with Crippen molar-refractivity contribution >= 4 is 45.0 Å². The Bertz CT molecular complexity index is 3370. The van der Waals surface area contributed by atoms with Crippen molar-refractivity contribution in [2.24, 2.45) is 10.4 Å². The van der Waals surface area contributed by atoms with Crippen LogP contribution in [0.2, 0.25) is 0 Å². The maximum atomic E-state index is 14.3. The topological polar surface area (TPSA) is 223 Å². The molecule has 0 radical (unpaired) electrons. The van der Waals surface area contributed by atoms with Crippen LogP contribution in [0.15, 0.2) is 120 Å². The first-order chi connectivity index (χ1) is 35.0. The molecule has 0 unspecified atom stereocenters. The standard InChI is InChI=1S/C27H24FN3O7.C25H20FN3O5/c1-35-20-5-15(6-21(10-20)36-2)11-29-26(32)16-3-4-22-23(9-16)31(27(33)24(22)30-34)12-17-7-19(28)8-18-13-37-14-38-25(17)18;26-19-8-17(23-18(9-19)13-33-14-34-23)12-29-21-10-16(6-7-20(21)22(28-32)25(29)31)24(30)27-11-15-4-2-1-3-5-15/h3-10,33H,11-14H2,1-2H3,(H,29,32);1-10,31H,11-14H2,(H,27,30). The molecule has 0 fully saturated rings. The maximum absolute atomic E-state index is 14.3. The Labute approximate surface area is 408 Å². The number of hydrogen-bond acceptors (Lipinski definition) is 14. The Morgan fingerprint density at radius 1 is 0.611 bits per heavy atom. The van der Waals surface area contributed by atoms with Crippen LogP contribution >= 0.6 is 0 Å². The summed E-state index contributed by atoms with van der Waals surface area (Å²) in [6, 6.07) is 29.3. The van der Waals surface area contributed by atoms with Gasteiger partial charge in [0.1, 0.15) is 34.6 Å². The molecule has 2 aliphatic heterocycles. The van der Waals surface area contributed by atoms with Crippen LogP contribution < -0.4 is 29.6 Å². The first kappa shape index (κ1) is 48.2. The molecule has 2 amide bonds. The van der Waals surface area contributed by atoms with Crippen molar-refractivity contribution in [3.63, 3.8) is 0 Å². The third kappa shape index (κ3) is 9.93. The Kier molecular flexibility index (Phi) is 14.0. The molecule has 6 aromatic carbocycles. The van der Waals surface area contributed by atoms with Gasteiger partial charge in [-0.3, -0.25) is 9.59 Å². The number of halogens is 2. The van der Waals surface area contributed by atoms with E-state index < -0.39 is 17.5 Å². The lowest BCUT2D eigenvalue weighted by molar-refractivity contribution is -0.0174. The summed E-state index contributed by atoms with van der Waals surface area (Å²) in [4.78, 5) is 48.8. The Morgan fingerprint density at radius 3 is 1.51 bits per heavy atom. The van der Waals surface area contributed by atoms with Crippen molar-refractivity contribution in [3.8, 4) is 34.8 Å². The molecule has 0 saturated heterocycles. The van der Waals surface area contributed by atoms with Gasteiger partial charge in [0.15, 0.2) is 25.0 Å². The normalized spacial score (nSPS) is 12.6. The summed E-state index contributed by atoms with van der Waals surface area (Å²) in [5, 5.41) is 33.9. The van der Waals surface area contributed by atoms with Crippen molar-refractivity contribution in [2.75, 3.05) is 27.8 Å². The van der Waals surface area contributed by atoms with Crippen LogP contribution in [0.4, 0.5) is 20.2 Å². The Hall–Kier alpha value is -8.88. The molecule has 72 heavy (non-hydrogen) atoms. The quantitative estimate of drug-likeness (QED) is 0.0748. The van der Waals surface area contributed by atoms with E-state index in [1.165, 1.54) is 45.5 Å². The van der Waals surface area contributed by atoms with Gasteiger partial charge in [-0.2, -0.15) is 0 Å². The van der Waals surface area contributed by atoms with Crippen LogP contribution in [0.3, 0.4) is 0 Å². The van der Waals surface area contributed by atoms with Crippen molar-refractivity contribution in [2.45, 2.75) is 39.4 Å². The fourth-order valence-corrected chi connectivity index (χ4v) is 8.64. The number of ether oxygens (including phenoxy) is 6. The summed E-state index contributed by atoms with van der Waals surface area (Å²) in [5.74, 6) is -0.362. The van der Waals surface area contributed by atoms with E-state index in [0.29, 0.717) is 79.2 Å². The lowest BCUT2D eigenvalue weighted by Crippen LogP contribution is -2.22. The first-order valence-corrected chi connectivity index (χ1v) is 22.2. The van der Waals surface area contributed by atoms with Gasteiger partial charge in [-0.15, -0.1) is 9.81 Å². The predicted octanol–water partition coefficient (Wildman–Crippen LogP) is 9.47. The van der Waals surface area contributed by atoms with Crippen molar-refractivity contribution in [3.05, 3.63) is 175 Å². The maximum Gasteiger partial charge on any atom is 0.251 e. The molecule has 0 aliphatic carbocycles. The number of nitrogens with zero attached hydrogens (tertiary/aromatic N) is 4. The van der Waals surface area contributed by atoms with Crippen LogP contribution in [-0.4, -0.2) is 59.0 Å². The second kappa shape index (κ2) is 21.0. The average Bonchev–Trinajstić information content (AvgIpc) is 3.83. The molecule has 0 bridgehead atoms. The number of rotatable bonds is 14. The largest absolute Gasteiger partial charge is 0.497 e. The number of carbonyl (C=O) groups is 2. The molecule has 2 aromatic heterocycles. The van der Waals surface area contributed by atoms with Crippen molar-refractivity contribution in [1.82, 2.24) is 19.8 Å². The summed E-state index contributed by atoms with van der Waals surface area (Å²) in [6.45, 7) is 0.923. The zero-order chi connectivity index (χ0) is 50.5. The van der Waals surface area contributed by atoms with E-state index in [2.05, 4.69) is 21.0 Å². The predicted molar refractivity (Wildman–Crippen MR) is 258 cm³/mol. The number of carbonyl (C=O) groups excluding carboxylic acids is 2. The number of aromatic nitrogens is 2. The molecular formula is C52H44F2N6O12. The van der Waals surface area contributed by atoms with E-state index in [1.807, 2.05) is 30.3 Å². The molecule has 2 aliphatic rings. The van der Waals surface area contributed by atoms with Gasteiger partial charge >= 0.3 is 0 Å². The highest BCUT2D eigenvalue weighted by atomic mass is 19.1. The second-order valence-electron chi connectivity index (χ2n) is 16.6. The number of nitrogens with one attached hydrogen (secondary N) is 2. The van der Waals surface area contributed by atoms with Crippen LogP contribution in [-0.2, 0) is 48.9 Å². The minimum absolute atomic E-state index is 0.00691. The third-order valence-corrected chi connectivity index (χ3v) is 12.0. The SMILES string of the molecule is COc1cc(CNC(=O)c2ccc3c(N=O)c(O)n(Cc4cc(F)cc5c4OCOC5)c3c2)cc(OC)c1.O=Nc1c(O)n(Cc2cc(F)cc3c2OCOC3)c2cc(C(=O)NCc3ccccc3)ccc12. The summed E-state index contributed by atoms with van der Waals surface area (Å²) in [5.41, 5.74) is 4.77. The summed E-state index contributed by atoms with van der Waals surface area (Å²) in [7, 11) is 3.08. The monoisotopic (exact) mass is 982 g/mol. The highest BCUT2D eigenvalue weighted by Gasteiger charge is 2.25. The van der Waals surface area contributed by atoms with E-state index in [1.54, 1.807) is 56.7 Å². The lowest BCUT2D eigenvalue weighted by Gasteiger charge is -2.21. The van der Waals surface area contributed by atoms with Gasteiger partial charge in [0.25, 0.3) is 11.8 Å². The highest BCUT2D eigenvalue weighted by Crippen LogP contribution is 2.42. The summed E-state index contributed by atoms with van der Waals surface area (Å²) in [6.07, 6.45) is 0. The van der Waals surface area contributed by atoms with Crippen LogP contribution in [0.25, 0.3) is 21.8 Å². The van der Waals surface area contributed by atoms with Gasteiger partial charge in [-0.25, -0.2) is 8.78 Å².